The van der Waals surface area contributed by atoms with Crippen LogP contribution in [0.15, 0.2) is 48.5 Å². The minimum Gasteiger partial charge on any atom is -0.352 e. The summed E-state index contributed by atoms with van der Waals surface area (Å²) in [6, 6.07) is 14.2. The van der Waals surface area contributed by atoms with Crippen molar-refractivity contribution < 1.29 is 9.59 Å². The van der Waals surface area contributed by atoms with Crippen LogP contribution in [0.3, 0.4) is 0 Å². The number of halogens is 1. The fourth-order valence-electron chi connectivity index (χ4n) is 2.78. The van der Waals surface area contributed by atoms with Crippen molar-refractivity contribution in [1.82, 2.24) is 5.32 Å². The third-order valence-electron chi connectivity index (χ3n) is 4.09. The molecule has 0 spiro atoms. The minimum absolute atomic E-state index is 0.0121. The molecule has 124 valence electrons. The number of hydrogen-bond acceptors (Lipinski definition) is 2. The molecular weight excluding hydrogens is 326 g/mol. The predicted molar refractivity (Wildman–Crippen MR) is 93.8 cm³/mol. The monoisotopic (exact) mass is 343 g/mol. The van der Waals surface area contributed by atoms with E-state index in [9.17, 15) is 9.59 Å². The van der Waals surface area contributed by atoms with E-state index in [4.69, 9.17) is 17.3 Å². The van der Waals surface area contributed by atoms with Gasteiger partial charge < -0.3 is 16.4 Å². The summed E-state index contributed by atoms with van der Waals surface area (Å²) in [6.07, 6.45) is 0.858. The Balaban J connectivity index is 1.53. The summed E-state index contributed by atoms with van der Waals surface area (Å²) in [6.45, 7) is 0.414. The highest BCUT2D eigenvalue weighted by Crippen LogP contribution is 2.47. The zero-order chi connectivity index (χ0) is 17.1. The van der Waals surface area contributed by atoms with Crippen molar-refractivity contribution >= 4 is 29.2 Å². The second-order valence-electron chi connectivity index (χ2n) is 5.91. The Morgan fingerprint density at radius 2 is 1.92 bits per heavy atom. The molecule has 24 heavy (non-hydrogen) atoms. The summed E-state index contributed by atoms with van der Waals surface area (Å²) in [7, 11) is 0. The van der Waals surface area contributed by atoms with Gasteiger partial charge in [-0.1, -0.05) is 35.9 Å². The Labute approximate surface area is 145 Å². The third kappa shape index (κ3) is 4.06. The first-order chi connectivity index (χ1) is 11.5. The molecule has 1 aliphatic rings. The van der Waals surface area contributed by atoms with Gasteiger partial charge in [-0.2, -0.15) is 0 Å². The van der Waals surface area contributed by atoms with Gasteiger partial charge in [0.2, 0.25) is 5.91 Å². The van der Waals surface area contributed by atoms with Gasteiger partial charge in [-0.25, -0.2) is 4.79 Å². The number of amides is 3. The molecule has 0 radical (unpaired) electrons. The van der Waals surface area contributed by atoms with Crippen molar-refractivity contribution in [1.29, 1.82) is 0 Å². The van der Waals surface area contributed by atoms with Crippen molar-refractivity contribution in [3.8, 4) is 0 Å². The molecule has 5 nitrogen and oxygen atoms in total. The minimum atomic E-state index is -0.611. The van der Waals surface area contributed by atoms with Gasteiger partial charge in [0.15, 0.2) is 0 Å². The number of anilines is 1. The van der Waals surface area contributed by atoms with E-state index in [0.29, 0.717) is 17.3 Å². The largest absolute Gasteiger partial charge is 0.352 e. The number of urea groups is 1. The zero-order valence-corrected chi connectivity index (χ0v) is 13.7. The molecule has 0 aromatic heterocycles. The van der Waals surface area contributed by atoms with Crippen molar-refractivity contribution in [3.63, 3.8) is 0 Å². The van der Waals surface area contributed by atoms with Crippen LogP contribution in [0.1, 0.15) is 23.5 Å². The maximum Gasteiger partial charge on any atom is 0.316 e. The molecule has 1 fully saturated rings. The lowest BCUT2D eigenvalue weighted by molar-refractivity contribution is -0.122. The summed E-state index contributed by atoms with van der Waals surface area (Å²) in [5, 5.41) is 6.16. The number of primary amides is 1. The number of nitrogens with one attached hydrogen (secondary N) is 2. The van der Waals surface area contributed by atoms with Gasteiger partial charge in [0.1, 0.15) is 0 Å². The van der Waals surface area contributed by atoms with Crippen molar-refractivity contribution in [3.05, 3.63) is 64.7 Å². The molecule has 2 aromatic rings. The molecule has 6 heteroatoms. The van der Waals surface area contributed by atoms with E-state index in [0.717, 1.165) is 17.5 Å². The SMILES string of the molecule is NC(=O)Nc1cccc(CNC(=O)C2CC2c2ccc(Cl)cc2)c1. The summed E-state index contributed by atoms with van der Waals surface area (Å²) < 4.78 is 0. The van der Waals surface area contributed by atoms with E-state index in [1.165, 1.54) is 0 Å². The highest BCUT2D eigenvalue weighted by molar-refractivity contribution is 6.30. The molecule has 0 bridgehead atoms. The Morgan fingerprint density at radius 1 is 1.17 bits per heavy atom. The number of nitrogens with two attached hydrogens (primary N) is 1. The second kappa shape index (κ2) is 6.93. The third-order valence-corrected chi connectivity index (χ3v) is 4.34. The van der Waals surface area contributed by atoms with Crippen LogP contribution in [0.5, 0.6) is 0 Å². The number of benzene rings is 2. The maximum absolute atomic E-state index is 12.3. The lowest BCUT2D eigenvalue weighted by Gasteiger charge is -2.08. The fourth-order valence-corrected chi connectivity index (χ4v) is 2.91. The molecule has 2 aromatic carbocycles. The second-order valence-corrected chi connectivity index (χ2v) is 6.34. The fraction of sp³-hybridized carbons (Fsp3) is 0.222. The van der Waals surface area contributed by atoms with Crippen LogP contribution < -0.4 is 16.4 Å². The number of hydrogen-bond donors (Lipinski definition) is 3. The van der Waals surface area contributed by atoms with Gasteiger partial charge in [-0.15, -0.1) is 0 Å². The summed E-state index contributed by atoms with van der Waals surface area (Å²) in [4.78, 5) is 23.1. The molecule has 0 saturated heterocycles. The van der Waals surface area contributed by atoms with Crippen LogP contribution >= 0.6 is 11.6 Å². The lowest BCUT2D eigenvalue weighted by Crippen LogP contribution is -2.25. The first-order valence-corrected chi connectivity index (χ1v) is 8.09. The number of carbonyl (C=O) groups excluding carboxylic acids is 2. The van der Waals surface area contributed by atoms with E-state index in [1.807, 2.05) is 30.3 Å². The van der Waals surface area contributed by atoms with E-state index < -0.39 is 6.03 Å². The first kappa shape index (κ1) is 16.3. The quantitative estimate of drug-likeness (QED) is 0.778. The predicted octanol–water partition coefficient (Wildman–Crippen LogP) is 3.25. The van der Waals surface area contributed by atoms with Gasteiger partial charge in [0, 0.05) is 23.2 Å². The number of rotatable bonds is 5. The molecule has 1 aliphatic carbocycles. The maximum atomic E-state index is 12.3. The topological polar surface area (TPSA) is 84.2 Å². The Kier molecular flexibility index (Phi) is 4.71. The van der Waals surface area contributed by atoms with Crippen molar-refractivity contribution in [2.75, 3.05) is 5.32 Å². The Morgan fingerprint density at radius 3 is 2.62 bits per heavy atom. The zero-order valence-electron chi connectivity index (χ0n) is 13.0. The van der Waals surface area contributed by atoms with Crippen LogP contribution in [0, 0.1) is 5.92 Å². The van der Waals surface area contributed by atoms with Crippen molar-refractivity contribution in [2.24, 2.45) is 11.7 Å². The molecule has 4 N–H and O–H groups in total. The summed E-state index contributed by atoms with van der Waals surface area (Å²) in [5.41, 5.74) is 7.75. The molecule has 1 saturated carbocycles. The van der Waals surface area contributed by atoms with Crippen LogP contribution in [-0.4, -0.2) is 11.9 Å². The molecule has 3 rings (SSSR count). The van der Waals surface area contributed by atoms with Gasteiger partial charge >= 0.3 is 6.03 Å². The first-order valence-electron chi connectivity index (χ1n) is 7.71. The molecule has 2 unspecified atom stereocenters. The van der Waals surface area contributed by atoms with Gasteiger partial charge in [-0.3, -0.25) is 4.79 Å². The van der Waals surface area contributed by atoms with E-state index in [-0.39, 0.29) is 17.7 Å². The Hall–Kier alpha value is -2.53. The lowest BCUT2D eigenvalue weighted by atomic mass is 10.1. The molecule has 3 amide bonds. The average molecular weight is 344 g/mol. The van der Waals surface area contributed by atoms with Crippen LogP contribution in [0.2, 0.25) is 5.02 Å². The van der Waals surface area contributed by atoms with Gasteiger partial charge in [-0.05, 0) is 47.7 Å². The average Bonchev–Trinajstić information content (AvgIpc) is 3.34. The molecule has 2 atom stereocenters. The van der Waals surface area contributed by atoms with E-state index in [1.54, 1.807) is 18.2 Å². The number of carbonyl (C=O) groups is 2. The van der Waals surface area contributed by atoms with Gasteiger partial charge in [0.25, 0.3) is 0 Å². The Bertz CT molecular complexity index is 761. The van der Waals surface area contributed by atoms with Crippen LogP contribution in [-0.2, 0) is 11.3 Å². The molecule has 0 aliphatic heterocycles. The highest BCUT2D eigenvalue weighted by atomic mass is 35.5. The van der Waals surface area contributed by atoms with Crippen molar-refractivity contribution in [2.45, 2.75) is 18.9 Å². The van der Waals surface area contributed by atoms with E-state index >= 15 is 0 Å². The molecule has 0 heterocycles. The van der Waals surface area contributed by atoms with Crippen LogP contribution in [0.4, 0.5) is 10.5 Å². The molecular formula is C18H18ClN3O2. The highest BCUT2D eigenvalue weighted by Gasteiger charge is 2.43. The normalized spacial score (nSPS) is 18.7. The van der Waals surface area contributed by atoms with E-state index in [2.05, 4.69) is 10.6 Å². The van der Waals surface area contributed by atoms with Crippen LogP contribution in [0.25, 0.3) is 0 Å². The summed E-state index contributed by atoms with van der Waals surface area (Å²) >= 11 is 5.88. The smallest absolute Gasteiger partial charge is 0.316 e. The summed E-state index contributed by atoms with van der Waals surface area (Å²) in [5.74, 6) is 0.325. The standard InChI is InChI=1S/C18H18ClN3O2/c19-13-6-4-12(5-7-13)15-9-16(15)17(23)21-10-11-2-1-3-14(8-11)22-18(20)24/h1-8,15-16H,9-10H2,(H,21,23)(H3,20,22,24). The van der Waals surface area contributed by atoms with Gasteiger partial charge in [0.05, 0.1) is 0 Å².